The number of methoxy groups -OCH3 is 1. The van der Waals surface area contributed by atoms with Crippen molar-refractivity contribution in [3.05, 3.63) is 59.9 Å². The van der Waals surface area contributed by atoms with Gasteiger partial charge in [0.25, 0.3) is 0 Å². The van der Waals surface area contributed by atoms with E-state index in [1.165, 1.54) is 0 Å². The molecule has 4 bridgehead atoms. The van der Waals surface area contributed by atoms with Gasteiger partial charge in [-0.15, -0.1) is 0 Å². The average Bonchev–Trinajstić information content (AvgIpc) is 3.49. The molecule has 0 aromatic carbocycles. The summed E-state index contributed by atoms with van der Waals surface area (Å²) in [6.45, 7) is 11.7. The number of hydrogen-bond acceptors (Lipinski definition) is 8. The lowest BCUT2D eigenvalue weighted by atomic mass is 9.57. The van der Waals surface area contributed by atoms with E-state index >= 15 is 0 Å². The molecule has 5 rings (SSSR count). The fraction of sp³-hybridized carbons (Fsp3) is 0.613. The van der Waals surface area contributed by atoms with E-state index in [0.29, 0.717) is 24.2 Å². The van der Waals surface area contributed by atoms with Crippen LogP contribution in [0.3, 0.4) is 0 Å². The highest BCUT2D eigenvalue weighted by molar-refractivity contribution is 5.90. The molecule has 9 nitrogen and oxygen atoms in total. The maximum atomic E-state index is 13.1. The molecule has 1 amide bonds. The number of primary amides is 1. The molecule has 2 aliphatic heterocycles. The van der Waals surface area contributed by atoms with Gasteiger partial charge in [-0.25, -0.2) is 9.59 Å². The summed E-state index contributed by atoms with van der Waals surface area (Å²) in [6.07, 6.45) is 8.33. The van der Waals surface area contributed by atoms with Gasteiger partial charge in [0, 0.05) is 42.3 Å². The van der Waals surface area contributed by atoms with Crippen LogP contribution in [0.1, 0.15) is 40.5 Å². The Morgan fingerprint density at radius 1 is 1.23 bits per heavy atom. The zero-order chi connectivity index (χ0) is 28.9. The Bertz CT molecular complexity index is 1170. The van der Waals surface area contributed by atoms with Crippen LogP contribution in [0.25, 0.3) is 0 Å². The Kier molecular flexibility index (Phi) is 7.76. The van der Waals surface area contributed by atoms with Crippen molar-refractivity contribution in [2.45, 2.75) is 82.8 Å². The molecular formula is C31H41NO8. The predicted molar refractivity (Wildman–Crippen MR) is 147 cm³/mol. The number of hydrogen-bond donors (Lipinski definition) is 2. The minimum Gasteiger partial charge on any atom is -0.489 e. The molecule has 2 fully saturated rings. The van der Waals surface area contributed by atoms with Gasteiger partial charge in [-0.2, -0.15) is 0 Å². The maximum Gasteiger partial charge on any atom is 0.404 e. The molecule has 1 spiro atoms. The van der Waals surface area contributed by atoms with E-state index in [2.05, 4.69) is 24.8 Å². The van der Waals surface area contributed by atoms with Crippen LogP contribution in [0.15, 0.2) is 59.9 Å². The fourth-order valence-corrected chi connectivity index (χ4v) is 7.70. The molecule has 40 heavy (non-hydrogen) atoms. The van der Waals surface area contributed by atoms with E-state index in [-0.39, 0.29) is 29.6 Å². The van der Waals surface area contributed by atoms with Crippen LogP contribution >= 0.6 is 0 Å². The van der Waals surface area contributed by atoms with Crippen LogP contribution in [-0.2, 0) is 28.5 Å². The minimum absolute atomic E-state index is 0.181. The molecule has 0 aromatic rings. The Hall–Kier alpha value is -2.88. The molecule has 3 N–H and O–H groups in total. The van der Waals surface area contributed by atoms with Crippen molar-refractivity contribution in [3.63, 3.8) is 0 Å². The number of carbonyl (C=O) groups excluding carboxylic acids is 2. The molecule has 218 valence electrons. The molecule has 2 heterocycles. The molecule has 0 aromatic heterocycles. The van der Waals surface area contributed by atoms with Crippen LogP contribution in [-0.4, -0.2) is 66.5 Å². The highest BCUT2D eigenvalue weighted by Gasteiger charge is 2.70. The molecule has 1 saturated carbocycles. The fourth-order valence-electron chi connectivity index (χ4n) is 7.70. The summed E-state index contributed by atoms with van der Waals surface area (Å²) in [5, 5.41) is 10.6. The number of rotatable bonds is 5. The zero-order valence-corrected chi connectivity index (χ0v) is 23.8. The first-order valence-electron chi connectivity index (χ1n) is 14.1. The predicted octanol–water partition coefficient (Wildman–Crippen LogP) is 3.73. The van der Waals surface area contributed by atoms with Crippen LogP contribution in [0.2, 0.25) is 0 Å². The number of allylic oxidation sites excluding steroid dienone is 3. The monoisotopic (exact) mass is 555 g/mol. The third kappa shape index (κ3) is 4.62. The van der Waals surface area contributed by atoms with Gasteiger partial charge in [-0.3, -0.25) is 0 Å². The Morgan fingerprint density at radius 3 is 2.60 bits per heavy atom. The molecule has 9 heteroatoms. The van der Waals surface area contributed by atoms with Crippen molar-refractivity contribution >= 4 is 12.1 Å². The summed E-state index contributed by atoms with van der Waals surface area (Å²) in [5.74, 6) is -1.20. The largest absolute Gasteiger partial charge is 0.489 e. The Labute approximate surface area is 235 Å². The van der Waals surface area contributed by atoms with E-state index in [1.54, 1.807) is 20.1 Å². The third-order valence-corrected chi connectivity index (χ3v) is 9.50. The summed E-state index contributed by atoms with van der Waals surface area (Å²) in [4.78, 5) is 25.4. The smallest absolute Gasteiger partial charge is 0.404 e. The van der Waals surface area contributed by atoms with Gasteiger partial charge in [0.1, 0.15) is 41.9 Å². The summed E-state index contributed by atoms with van der Waals surface area (Å²) in [6, 6.07) is 0. The lowest BCUT2D eigenvalue weighted by molar-refractivity contribution is -0.165. The lowest BCUT2D eigenvalue weighted by Gasteiger charge is -2.49. The van der Waals surface area contributed by atoms with Crippen LogP contribution < -0.4 is 5.73 Å². The Balaban J connectivity index is 1.62. The van der Waals surface area contributed by atoms with Crippen molar-refractivity contribution in [2.75, 3.05) is 7.11 Å². The van der Waals surface area contributed by atoms with E-state index in [1.807, 2.05) is 32.9 Å². The molecule has 1 unspecified atom stereocenters. The lowest BCUT2D eigenvalue weighted by Crippen LogP contribution is -2.58. The number of aliphatic hydroxyl groups is 1. The van der Waals surface area contributed by atoms with Crippen LogP contribution in [0, 0.1) is 29.6 Å². The molecule has 12 atom stereocenters. The van der Waals surface area contributed by atoms with Gasteiger partial charge in [-0.05, 0) is 32.3 Å². The van der Waals surface area contributed by atoms with Crippen molar-refractivity contribution in [1.29, 1.82) is 0 Å². The van der Waals surface area contributed by atoms with E-state index in [9.17, 15) is 14.7 Å². The van der Waals surface area contributed by atoms with Gasteiger partial charge in [0.15, 0.2) is 0 Å². The molecular weight excluding hydrogens is 514 g/mol. The number of carbonyl (C=O) groups is 2. The van der Waals surface area contributed by atoms with E-state index in [0.717, 1.165) is 5.57 Å². The van der Waals surface area contributed by atoms with Gasteiger partial charge in [0.2, 0.25) is 0 Å². The summed E-state index contributed by atoms with van der Waals surface area (Å²) < 4.78 is 31.1. The summed E-state index contributed by atoms with van der Waals surface area (Å²) in [5.41, 5.74) is 6.22. The molecule has 3 aliphatic carbocycles. The maximum absolute atomic E-state index is 13.1. The van der Waals surface area contributed by atoms with E-state index in [4.69, 9.17) is 29.4 Å². The van der Waals surface area contributed by atoms with Crippen molar-refractivity contribution in [1.82, 2.24) is 0 Å². The molecule has 5 aliphatic rings. The first-order chi connectivity index (χ1) is 19.0. The summed E-state index contributed by atoms with van der Waals surface area (Å²) in [7, 11) is 1.60. The molecule has 1 saturated heterocycles. The van der Waals surface area contributed by atoms with E-state index < -0.39 is 54.3 Å². The van der Waals surface area contributed by atoms with Crippen molar-refractivity contribution in [3.8, 4) is 0 Å². The average molecular weight is 556 g/mol. The normalized spacial score (nSPS) is 44.0. The first kappa shape index (κ1) is 28.6. The second-order valence-corrected chi connectivity index (χ2v) is 11.9. The molecule has 0 radical (unpaired) electrons. The first-order valence-corrected chi connectivity index (χ1v) is 14.1. The van der Waals surface area contributed by atoms with Crippen molar-refractivity contribution < 1.29 is 38.4 Å². The van der Waals surface area contributed by atoms with Gasteiger partial charge < -0.3 is 34.5 Å². The topological polar surface area (TPSA) is 127 Å². The number of nitrogens with two attached hydrogens (primary N) is 1. The standard InChI is InChI=1S/C31H41NO8/c1-15-13-16(2)31-21(14-23(36-6)19(5)37-25(15)18(4)33)11-12-22-24(31)26(39-30(32)35)17(3)27(28(22)40-31)38-29(34)20-9-7-8-10-20/h7-9,11-13,15,17-18,21-28,33H,5,10,14H2,1-4,6H3,(H2,32,35)/b16-13+/t15-,17-,18-,21?,22-,23+,24+,25+,26-,27-,28-,31+/m1/s1. The quantitative estimate of drug-likeness (QED) is 0.388. The van der Waals surface area contributed by atoms with Crippen molar-refractivity contribution in [2.24, 2.45) is 35.3 Å². The third-order valence-electron chi connectivity index (χ3n) is 9.50. The number of amides is 1. The SMILES string of the molecule is C=C1O[C@H]([C@@H](C)O)[C@H](C)/C=C(\C)[C@]23O[C@@H]4[C@H](C=CC2C[C@@H]1OC)[C@H]3[C@H](OC(N)=O)[C@@H](C)[C@H]4OC(=O)C1=CC=CC1. The number of aliphatic hydroxyl groups excluding tert-OH is 1. The van der Waals surface area contributed by atoms with Gasteiger partial charge in [0.05, 0.1) is 6.10 Å². The van der Waals surface area contributed by atoms with Crippen LogP contribution in [0.5, 0.6) is 0 Å². The minimum atomic E-state index is -0.903. The second-order valence-electron chi connectivity index (χ2n) is 11.9. The van der Waals surface area contributed by atoms with Gasteiger partial charge >= 0.3 is 12.1 Å². The summed E-state index contributed by atoms with van der Waals surface area (Å²) >= 11 is 0. The highest BCUT2D eigenvalue weighted by Crippen LogP contribution is 2.62. The van der Waals surface area contributed by atoms with Crippen LogP contribution in [0.4, 0.5) is 4.79 Å². The number of ether oxygens (including phenoxy) is 5. The Morgan fingerprint density at radius 2 is 1.98 bits per heavy atom. The van der Waals surface area contributed by atoms with Gasteiger partial charge in [-0.1, -0.05) is 56.9 Å². The number of esters is 1. The second kappa shape index (κ2) is 10.8. The zero-order valence-electron chi connectivity index (χ0n) is 23.8. The highest BCUT2D eigenvalue weighted by atomic mass is 16.6.